The van der Waals surface area contributed by atoms with Gasteiger partial charge in [-0.2, -0.15) is 0 Å². The maximum Gasteiger partial charge on any atom is 0.159 e. The lowest BCUT2D eigenvalue weighted by atomic mass is 10.2. The zero-order valence-corrected chi connectivity index (χ0v) is 9.45. The van der Waals surface area contributed by atoms with Crippen molar-refractivity contribution < 1.29 is 14.6 Å². The largest absolute Gasteiger partial charge is 0.395 e. The van der Waals surface area contributed by atoms with Gasteiger partial charge in [0.15, 0.2) is 6.29 Å². The smallest absolute Gasteiger partial charge is 0.159 e. The molecule has 2 N–H and O–H groups in total. The van der Waals surface area contributed by atoms with E-state index in [1.165, 1.54) is 0 Å². The summed E-state index contributed by atoms with van der Waals surface area (Å²) in [6.07, 6.45) is 0.603. The number of rotatable bonds is 5. The molecule has 0 amide bonds. The summed E-state index contributed by atoms with van der Waals surface area (Å²) in [4.78, 5) is 0. The Hall–Kier alpha value is -0.160. The van der Waals surface area contributed by atoms with E-state index in [1.807, 2.05) is 20.8 Å². The van der Waals surface area contributed by atoms with Gasteiger partial charge in [-0.15, -0.1) is 0 Å². The van der Waals surface area contributed by atoms with Crippen molar-refractivity contribution in [3.63, 3.8) is 0 Å². The minimum atomic E-state index is -0.124. The fourth-order valence-electron chi connectivity index (χ4n) is 1.29. The van der Waals surface area contributed by atoms with Crippen molar-refractivity contribution in [3.8, 4) is 0 Å². The molecule has 0 aromatic rings. The highest BCUT2D eigenvalue weighted by atomic mass is 16.7. The summed E-state index contributed by atoms with van der Waals surface area (Å²) in [5.41, 5.74) is 0. The number of aliphatic hydroxyl groups excluding tert-OH is 1. The first kappa shape index (κ1) is 13.8. The first-order valence-corrected chi connectivity index (χ1v) is 5.44. The Morgan fingerprint density at radius 2 is 1.93 bits per heavy atom. The maximum atomic E-state index is 8.94. The maximum absolute atomic E-state index is 8.94. The number of hydrogen-bond donors (Lipinski definition) is 2. The van der Waals surface area contributed by atoms with Crippen LogP contribution < -0.4 is 5.32 Å². The summed E-state index contributed by atoms with van der Waals surface area (Å²) < 4.78 is 10.5. The van der Waals surface area contributed by atoms with E-state index in [0.717, 1.165) is 13.0 Å². The van der Waals surface area contributed by atoms with E-state index in [9.17, 15) is 0 Å². The molecule has 1 aliphatic heterocycles. The summed E-state index contributed by atoms with van der Waals surface area (Å²) in [6, 6.07) is 0.0955. The Kier molecular flexibility index (Phi) is 9.29. The summed E-state index contributed by atoms with van der Waals surface area (Å²) in [5, 5.41) is 12.1. The lowest BCUT2D eigenvalue weighted by molar-refractivity contribution is -0.0557. The van der Waals surface area contributed by atoms with Gasteiger partial charge in [-0.25, -0.2) is 0 Å². The molecule has 4 heteroatoms. The molecule has 0 aromatic carbocycles. The molecule has 0 aliphatic carbocycles. The molecule has 1 saturated heterocycles. The summed E-state index contributed by atoms with van der Waals surface area (Å²) >= 11 is 0. The average molecular weight is 205 g/mol. The Bertz CT molecular complexity index is 116. The van der Waals surface area contributed by atoms with Crippen molar-refractivity contribution in [2.24, 2.45) is 0 Å². The molecule has 0 spiro atoms. The van der Waals surface area contributed by atoms with Gasteiger partial charge in [-0.3, -0.25) is 0 Å². The zero-order chi connectivity index (χ0) is 10.8. The fraction of sp³-hybridized carbons (Fsp3) is 1.00. The van der Waals surface area contributed by atoms with Crippen molar-refractivity contribution in [1.29, 1.82) is 0 Å². The third kappa shape index (κ3) is 5.54. The molecule has 0 aromatic heterocycles. The van der Waals surface area contributed by atoms with Crippen LogP contribution in [0.3, 0.4) is 0 Å². The molecule has 4 nitrogen and oxygen atoms in total. The summed E-state index contributed by atoms with van der Waals surface area (Å²) in [7, 11) is 0. The monoisotopic (exact) mass is 205 g/mol. The van der Waals surface area contributed by atoms with E-state index < -0.39 is 0 Å². The molecule has 0 radical (unpaired) electrons. The third-order valence-electron chi connectivity index (χ3n) is 1.88. The minimum Gasteiger partial charge on any atom is -0.395 e. The Balaban J connectivity index is 0.000000791. The number of aliphatic hydroxyl groups is 1. The fourth-order valence-corrected chi connectivity index (χ4v) is 1.29. The zero-order valence-electron chi connectivity index (χ0n) is 9.45. The number of likely N-dealkylation sites (N-methyl/N-ethyl adjacent to an activating group) is 1. The van der Waals surface area contributed by atoms with Crippen LogP contribution in [0, 0.1) is 0 Å². The van der Waals surface area contributed by atoms with E-state index in [0.29, 0.717) is 13.2 Å². The first-order valence-electron chi connectivity index (χ1n) is 5.44. The van der Waals surface area contributed by atoms with E-state index in [-0.39, 0.29) is 18.9 Å². The Labute approximate surface area is 86.6 Å². The van der Waals surface area contributed by atoms with Gasteiger partial charge in [0, 0.05) is 12.5 Å². The molecule has 1 rings (SSSR count). The summed E-state index contributed by atoms with van der Waals surface area (Å²) in [5.74, 6) is 0. The van der Waals surface area contributed by atoms with Crippen LogP contribution >= 0.6 is 0 Å². The molecule has 0 bridgehead atoms. The number of hydrogen-bond acceptors (Lipinski definition) is 4. The molecule has 1 aliphatic rings. The van der Waals surface area contributed by atoms with Crippen LogP contribution in [0.2, 0.25) is 0 Å². The number of ether oxygens (including phenoxy) is 2. The highest BCUT2D eigenvalue weighted by molar-refractivity contribution is 4.67. The van der Waals surface area contributed by atoms with Gasteiger partial charge in [0.25, 0.3) is 0 Å². The third-order valence-corrected chi connectivity index (χ3v) is 1.88. The summed E-state index contributed by atoms with van der Waals surface area (Å²) in [6.45, 7) is 8.36. The van der Waals surface area contributed by atoms with Crippen LogP contribution in [-0.2, 0) is 9.47 Å². The predicted octanol–water partition coefficient (Wildman–Crippen LogP) is 0.746. The van der Waals surface area contributed by atoms with Gasteiger partial charge in [0.2, 0.25) is 0 Å². The second-order valence-electron chi connectivity index (χ2n) is 2.84. The van der Waals surface area contributed by atoms with Crippen LogP contribution in [-0.4, -0.2) is 43.8 Å². The second-order valence-corrected chi connectivity index (χ2v) is 2.84. The molecule has 0 saturated carbocycles. The van der Waals surface area contributed by atoms with E-state index >= 15 is 0 Å². The second kappa shape index (κ2) is 9.40. The van der Waals surface area contributed by atoms with E-state index in [4.69, 9.17) is 14.6 Å². The van der Waals surface area contributed by atoms with E-state index in [1.54, 1.807) is 0 Å². The van der Waals surface area contributed by atoms with Crippen molar-refractivity contribution in [3.05, 3.63) is 0 Å². The van der Waals surface area contributed by atoms with Crippen molar-refractivity contribution >= 4 is 0 Å². The van der Waals surface area contributed by atoms with E-state index in [2.05, 4.69) is 5.32 Å². The Morgan fingerprint density at radius 1 is 1.36 bits per heavy atom. The van der Waals surface area contributed by atoms with Crippen molar-refractivity contribution in [1.82, 2.24) is 5.32 Å². The lowest BCUT2D eigenvalue weighted by Crippen LogP contribution is -2.35. The number of nitrogens with one attached hydrogen (secondary N) is 1. The van der Waals surface area contributed by atoms with Crippen LogP contribution in [0.5, 0.6) is 0 Å². The van der Waals surface area contributed by atoms with Gasteiger partial charge in [-0.1, -0.05) is 20.8 Å². The first-order chi connectivity index (χ1) is 6.86. The van der Waals surface area contributed by atoms with Crippen molar-refractivity contribution in [2.45, 2.75) is 39.5 Å². The van der Waals surface area contributed by atoms with Gasteiger partial charge >= 0.3 is 0 Å². The molecule has 1 unspecified atom stereocenters. The highest BCUT2D eigenvalue weighted by Crippen LogP contribution is 2.09. The van der Waals surface area contributed by atoms with Gasteiger partial charge < -0.3 is 19.9 Å². The topological polar surface area (TPSA) is 50.7 Å². The quantitative estimate of drug-likeness (QED) is 0.695. The van der Waals surface area contributed by atoms with Crippen LogP contribution in [0.25, 0.3) is 0 Å². The van der Waals surface area contributed by atoms with Crippen LogP contribution in [0.1, 0.15) is 27.2 Å². The molecule has 86 valence electrons. The average Bonchev–Trinajstić information content (AvgIpc) is 2.73. The highest BCUT2D eigenvalue weighted by Gasteiger charge is 2.20. The molecule has 1 heterocycles. The minimum absolute atomic E-state index is 0.0955. The molecule has 1 atom stereocenters. The predicted molar refractivity (Wildman–Crippen MR) is 56.2 cm³/mol. The van der Waals surface area contributed by atoms with Crippen molar-refractivity contribution in [2.75, 3.05) is 26.4 Å². The SMILES string of the molecule is CC.CCNC(CO)CC1OCCO1. The normalized spacial score (nSPS) is 18.9. The van der Waals surface area contributed by atoms with Crippen LogP contribution in [0.4, 0.5) is 0 Å². The van der Waals surface area contributed by atoms with Crippen LogP contribution in [0.15, 0.2) is 0 Å². The molecule has 1 fully saturated rings. The Morgan fingerprint density at radius 3 is 2.36 bits per heavy atom. The lowest BCUT2D eigenvalue weighted by Gasteiger charge is -2.17. The van der Waals surface area contributed by atoms with Gasteiger partial charge in [0.1, 0.15) is 0 Å². The van der Waals surface area contributed by atoms with Gasteiger partial charge in [-0.05, 0) is 6.54 Å². The molecular weight excluding hydrogens is 182 g/mol. The molecule has 14 heavy (non-hydrogen) atoms. The van der Waals surface area contributed by atoms with Gasteiger partial charge in [0.05, 0.1) is 19.8 Å². The molecular formula is C10H23NO3. The standard InChI is InChI=1S/C8H17NO3.C2H6/c1-2-9-7(6-10)5-8-11-3-4-12-8;1-2/h7-10H,2-6H2,1H3;1-2H3.